The summed E-state index contributed by atoms with van der Waals surface area (Å²) in [5.41, 5.74) is 0.0274. The molecule has 1 unspecified atom stereocenters. The number of nitrogens with zero attached hydrogens (tertiary/aromatic N) is 3. The number of carbonyl (C=O) groups is 2. The van der Waals surface area contributed by atoms with Crippen LogP contribution in [-0.4, -0.2) is 50.0 Å². The molecular formula is C25H36N4O5. The fourth-order valence-electron chi connectivity index (χ4n) is 4.43. The summed E-state index contributed by atoms with van der Waals surface area (Å²) in [6.07, 6.45) is 0.121. The Morgan fingerprint density at radius 1 is 1.15 bits per heavy atom. The van der Waals surface area contributed by atoms with Gasteiger partial charge in [0, 0.05) is 23.0 Å². The van der Waals surface area contributed by atoms with E-state index in [9.17, 15) is 14.7 Å². The van der Waals surface area contributed by atoms with E-state index in [0.29, 0.717) is 31.0 Å². The summed E-state index contributed by atoms with van der Waals surface area (Å²) < 4.78 is 11.0. The predicted molar refractivity (Wildman–Crippen MR) is 127 cm³/mol. The zero-order valence-electron chi connectivity index (χ0n) is 20.9. The Bertz CT molecular complexity index is 977. The number of nitrogens with one attached hydrogen (secondary N) is 1. The lowest BCUT2D eigenvalue weighted by Crippen LogP contribution is -2.55. The van der Waals surface area contributed by atoms with Gasteiger partial charge in [-0.3, -0.25) is 0 Å². The molecule has 186 valence electrons. The third-order valence-electron chi connectivity index (χ3n) is 6.06. The number of aromatic nitrogens is 2. The van der Waals surface area contributed by atoms with Gasteiger partial charge in [0.05, 0.1) is 5.92 Å². The van der Waals surface area contributed by atoms with Gasteiger partial charge in [0.1, 0.15) is 6.61 Å². The molecule has 1 aromatic heterocycles. The maximum atomic E-state index is 12.6. The van der Waals surface area contributed by atoms with Gasteiger partial charge in [-0.2, -0.15) is 4.98 Å². The van der Waals surface area contributed by atoms with E-state index in [1.54, 1.807) is 0 Å². The molecule has 1 saturated carbocycles. The van der Waals surface area contributed by atoms with Crippen molar-refractivity contribution in [2.75, 3.05) is 0 Å². The van der Waals surface area contributed by atoms with Gasteiger partial charge in [-0.05, 0) is 45.6 Å². The molecule has 0 spiro atoms. The minimum absolute atomic E-state index is 0.165. The number of rotatable bonds is 5. The molecule has 0 saturated heterocycles. The molecular weight excluding hydrogens is 436 g/mol. The summed E-state index contributed by atoms with van der Waals surface area (Å²) in [5.74, 6) is 0.638. The largest absolute Gasteiger partial charge is 0.465 e. The standard InChI is InChI=1S/C25H36N4O5/c1-24(2,3)21-27-20(34-28-21)18-14-17(29(23(31)32)25(4,5)6)12-13-19(18)26-22(30)33-15-16-10-8-7-9-11-16/h7-11,17-19H,12-15H2,1-6H3,(H,26,30)(H,31,32)/t17?,18-,19+/m1/s1. The zero-order chi connectivity index (χ0) is 25.1. The van der Waals surface area contributed by atoms with Crippen LogP contribution < -0.4 is 5.32 Å². The highest BCUT2D eigenvalue weighted by molar-refractivity contribution is 5.68. The molecule has 3 atom stereocenters. The summed E-state index contributed by atoms with van der Waals surface area (Å²) in [4.78, 5) is 30.8. The molecule has 1 aliphatic carbocycles. The van der Waals surface area contributed by atoms with E-state index in [4.69, 9.17) is 9.26 Å². The predicted octanol–water partition coefficient (Wildman–Crippen LogP) is 5.08. The summed E-state index contributed by atoms with van der Waals surface area (Å²) in [6.45, 7) is 11.8. The molecule has 9 heteroatoms. The van der Waals surface area contributed by atoms with E-state index in [0.717, 1.165) is 5.56 Å². The summed E-state index contributed by atoms with van der Waals surface area (Å²) in [6, 6.07) is 8.90. The molecule has 2 N–H and O–H groups in total. The lowest BCUT2D eigenvalue weighted by Gasteiger charge is -2.44. The number of benzene rings is 1. The van der Waals surface area contributed by atoms with Crippen molar-refractivity contribution in [2.24, 2.45) is 0 Å². The van der Waals surface area contributed by atoms with Crippen molar-refractivity contribution in [3.8, 4) is 0 Å². The molecule has 3 rings (SSSR count). The molecule has 34 heavy (non-hydrogen) atoms. The third-order valence-corrected chi connectivity index (χ3v) is 6.06. The Morgan fingerprint density at radius 3 is 2.38 bits per heavy atom. The lowest BCUT2D eigenvalue weighted by molar-refractivity contribution is 0.0446. The van der Waals surface area contributed by atoms with Gasteiger partial charge < -0.3 is 24.6 Å². The van der Waals surface area contributed by atoms with E-state index in [1.807, 2.05) is 71.9 Å². The summed E-state index contributed by atoms with van der Waals surface area (Å²) in [5, 5.41) is 17.0. The first kappa shape index (κ1) is 25.5. The van der Waals surface area contributed by atoms with Gasteiger partial charge in [0.15, 0.2) is 5.82 Å². The molecule has 2 aromatic rings. The molecule has 1 heterocycles. The quantitative estimate of drug-likeness (QED) is 0.623. The van der Waals surface area contributed by atoms with E-state index >= 15 is 0 Å². The van der Waals surface area contributed by atoms with Crippen LogP contribution in [0, 0.1) is 0 Å². The van der Waals surface area contributed by atoms with Crippen LogP contribution >= 0.6 is 0 Å². The van der Waals surface area contributed by atoms with Gasteiger partial charge >= 0.3 is 12.2 Å². The molecule has 0 bridgehead atoms. The van der Waals surface area contributed by atoms with Gasteiger partial charge in [-0.25, -0.2) is 9.59 Å². The Labute approximate surface area is 200 Å². The maximum absolute atomic E-state index is 12.6. The first-order valence-corrected chi connectivity index (χ1v) is 11.7. The minimum atomic E-state index is -0.967. The average molecular weight is 473 g/mol. The van der Waals surface area contributed by atoms with Gasteiger partial charge in [-0.15, -0.1) is 0 Å². The molecule has 9 nitrogen and oxygen atoms in total. The highest BCUT2D eigenvalue weighted by atomic mass is 16.5. The second-order valence-corrected chi connectivity index (χ2v) is 10.9. The number of hydrogen-bond donors (Lipinski definition) is 2. The maximum Gasteiger partial charge on any atom is 0.407 e. The van der Waals surface area contributed by atoms with Crippen LogP contribution in [0.2, 0.25) is 0 Å². The fraction of sp³-hybridized carbons (Fsp3) is 0.600. The van der Waals surface area contributed by atoms with Crippen molar-refractivity contribution in [1.82, 2.24) is 20.4 Å². The van der Waals surface area contributed by atoms with E-state index in [2.05, 4.69) is 15.5 Å². The van der Waals surface area contributed by atoms with Crippen LogP contribution in [0.25, 0.3) is 0 Å². The first-order valence-electron chi connectivity index (χ1n) is 11.7. The second kappa shape index (κ2) is 10.0. The zero-order valence-corrected chi connectivity index (χ0v) is 20.9. The van der Waals surface area contributed by atoms with Crippen LogP contribution in [0.15, 0.2) is 34.9 Å². The lowest BCUT2D eigenvalue weighted by atomic mass is 9.79. The Kier molecular flexibility index (Phi) is 7.53. The highest BCUT2D eigenvalue weighted by Crippen LogP contribution is 2.38. The number of amides is 2. The van der Waals surface area contributed by atoms with Crippen LogP contribution in [0.4, 0.5) is 9.59 Å². The van der Waals surface area contributed by atoms with Crippen LogP contribution in [0.1, 0.15) is 84.0 Å². The van der Waals surface area contributed by atoms with Crippen molar-refractivity contribution in [1.29, 1.82) is 0 Å². The van der Waals surface area contributed by atoms with Crippen LogP contribution in [-0.2, 0) is 16.8 Å². The molecule has 0 aliphatic heterocycles. The molecule has 1 fully saturated rings. The first-order chi connectivity index (χ1) is 15.9. The Morgan fingerprint density at radius 2 is 1.82 bits per heavy atom. The smallest absolute Gasteiger partial charge is 0.407 e. The number of ether oxygens (including phenoxy) is 1. The van der Waals surface area contributed by atoms with E-state index in [1.165, 1.54) is 4.90 Å². The van der Waals surface area contributed by atoms with Crippen LogP contribution in [0.5, 0.6) is 0 Å². The SMILES string of the molecule is CC(C)(C)c1noc([C@@H]2CC(N(C(=O)O)C(C)(C)C)CC[C@@H]2NC(=O)OCc2ccccc2)n1. The topological polar surface area (TPSA) is 118 Å². The van der Waals surface area contributed by atoms with Gasteiger partial charge in [0.25, 0.3) is 0 Å². The van der Waals surface area contributed by atoms with E-state index < -0.39 is 17.7 Å². The van der Waals surface area contributed by atoms with E-state index in [-0.39, 0.29) is 30.0 Å². The summed E-state index contributed by atoms with van der Waals surface area (Å²) >= 11 is 0. The van der Waals surface area contributed by atoms with Crippen molar-refractivity contribution >= 4 is 12.2 Å². The highest BCUT2D eigenvalue weighted by Gasteiger charge is 2.43. The number of hydrogen-bond acceptors (Lipinski definition) is 6. The van der Waals surface area contributed by atoms with Crippen molar-refractivity contribution in [3.05, 3.63) is 47.6 Å². The minimum Gasteiger partial charge on any atom is -0.465 e. The molecule has 1 aliphatic rings. The van der Waals surface area contributed by atoms with Crippen molar-refractivity contribution in [2.45, 2.75) is 96.4 Å². The normalized spacial score (nSPS) is 21.1. The average Bonchev–Trinajstić information content (AvgIpc) is 3.23. The van der Waals surface area contributed by atoms with Gasteiger partial charge in [-0.1, -0.05) is 56.3 Å². The fourth-order valence-corrected chi connectivity index (χ4v) is 4.43. The molecule has 2 amide bonds. The van der Waals surface area contributed by atoms with Crippen LogP contribution in [0.3, 0.4) is 0 Å². The summed E-state index contributed by atoms with van der Waals surface area (Å²) in [7, 11) is 0. The third kappa shape index (κ3) is 6.27. The van der Waals surface area contributed by atoms with Gasteiger partial charge in [0.2, 0.25) is 5.89 Å². The second-order valence-electron chi connectivity index (χ2n) is 10.9. The van der Waals surface area contributed by atoms with Crippen molar-refractivity contribution < 1.29 is 24.0 Å². The Hall–Kier alpha value is -3.10. The monoisotopic (exact) mass is 472 g/mol. The number of carboxylic acid groups (broad SMARTS) is 1. The number of carbonyl (C=O) groups excluding carboxylic acids is 1. The molecule has 0 radical (unpaired) electrons. The number of alkyl carbamates (subject to hydrolysis) is 1. The van der Waals surface area contributed by atoms with Crippen molar-refractivity contribution in [3.63, 3.8) is 0 Å². The molecule has 1 aromatic carbocycles. The Balaban J connectivity index is 1.79.